The topological polar surface area (TPSA) is 29.1 Å². The van der Waals surface area contributed by atoms with Gasteiger partial charge in [0.25, 0.3) is 0 Å². The van der Waals surface area contributed by atoms with Crippen molar-refractivity contribution in [3.05, 3.63) is 24.3 Å². The fourth-order valence-electron chi connectivity index (χ4n) is 1.31. The van der Waals surface area contributed by atoms with Crippen molar-refractivity contribution in [2.24, 2.45) is 0 Å². The number of hydrogen-bond donors (Lipinski definition) is 1. The van der Waals surface area contributed by atoms with Gasteiger partial charge in [-0.1, -0.05) is 0 Å². The van der Waals surface area contributed by atoms with E-state index in [1.165, 1.54) is 24.3 Å². The van der Waals surface area contributed by atoms with Gasteiger partial charge < -0.3 is 5.32 Å². The van der Waals surface area contributed by atoms with Crippen molar-refractivity contribution >= 4 is 23.4 Å². The number of hydrogen-bond acceptors (Lipinski definition) is 2. The molecule has 9 heteroatoms. The Labute approximate surface area is 120 Å². The Morgan fingerprint density at radius 2 is 1.57 bits per heavy atom. The monoisotopic (exact) mass is 331 g/mol. The molecule has 0 saturated carbocycles. The van der Waals surface area contributed by atoms with Crippen molar-refractivity contribution in [2.45, 2.75) is 30.1 Å². The fraction of sp³-hybridized carbons (Fsp3) is 0.417. The van der Waals surface area contributed by atoms with Gasteiger partial charge in [-0.15, -0.1) is 11.8 Å². The van der Waals surface area contributed by atoms with Crippen molar-refractivity contribution in [2.75, 3.05) is 11.1 Å². The van der Waals surface area contributed by atoms with Crippen LogP contribution in [0.3, 0.4) is 0 Å². The van der Waals surface area contributed by atoms with Crippen LogP contribution in [0, 0.1) is 0 Å². The highest BCUT2D eigenvalue weighted by atomic mass is 32.2. The largest absolute Gasteiger partial charge is 0.397 e. The van der Waals surface area contributed by atoms with E-state index in [0.717, 1.165) is 11.8 Å². The van der Waals surface area contributed by atoms with E-state index in [9.17, 15) is 31.1 Å². The van der Waals surface area contributed by atoms with Gasteiger partial charge in [0, 0.05) is 16.3 Å². The summed E-state index contributed by atoms with van der Waals surface area (Å²) in [5.74, 6) is -1.34. The Balaban J connectivity index is 2.45. The van der Waals surface area contributed by atoms with Gasteiger partial charge in [0.05, 0.1) is 6.42 Å². The van der Waals surface area contributed by atoms with E-state index >= 15 is 0 Å². The first-order valence-electron chi connectivity index (χ1n) is 5.71. The molecule has 0 saturated heterocycles. The average Bonchev–Trinajstić information content (AvgIpc) is 2.27. The molecule has 0 aliphatic heterocycles. The minimum absolute atomic E-state index is 0.150. The molecule has 0 aliphatic carbocycles. The van der Waals surface area contributed by atoms with Gasteiger partial charge in [-0.3, -0.25) is 4.79 Å². The summed E-state index contributed by atoms with van der Waals surface area (Å²) in [5, 5.41) is 2.06. The molecule has 0 heterocycles. The van der Waals surface area contributed by atoms with Crippen LogP contribution in [0.1, 0.15) is 12.8 Å². The molecule has 1 amide bonds. The van der Waals surface area contributed by atoms with Gasteiger partial charge in [0.2, 0.25) is 5.91 Å². The van der Waals surface area contributed by atoms with Crippen LogP contribution in [-0.4, -0.2) is 24.0 Å². The second kappa shape index (κ2) is 7.06. The Hall–Kier alpha value is -1.38. The zero-order valence-electron chi connectivity index (χ0n) is 10.5. The van der Waals surface area contributed by atoms with E-state index in [4.69, 9.17) is 0 Å². The van der Waals surface area contributed by atoms with Crippen LogP contribution in [0.15, 0.2) is 29.2 Å². The van der Waals surface area contributed by atoms with E-state index in [1.54, 1.807) is 0 Å². The lowest BCUT2D eigenvalue weighted by Gasteiger charge is -2.09. The summed E-state index contributed by atoms with van der Waals surface area (Å²) in [7, 11) is 0. The van der Waals surface area contributed by atoms with Crippen LogP contribution in [0.2, 0.25) is 0 Å². The lowest BCUT2D eigenvalue weighted by molar-refractivity contribution is -0.150. The predicted octanol–water partition coefficient (Wildman–Crippen LogP) is 4.62. The molecule has 0 spiro atoms. The SMILES string of the molecule is O=C(CC(F)(F)F)Nc1ccc(SCCC(F)(F)F)cc1. The minimum Gasteiger partial charge on any atom is -0.326 e. The molecular formula is C12H11F6NOS. The molecule has 0 atom stereocenters. The summed E-state index contributed by atoms with van der Waals surface area (Å²) in [6.45, 7) is 0. The molecule has 2 nitrogen and oxygen atoms in total. The van der Waals surface area contributed by atoms with Crippen LogP contribution >= 0.6 is 11.8 Å². The highest BCUT2D eigenvalue weighted by Crippen LogP contribution is 2.27. The zero-order valence-corrected chi connectivity index (χ0v) is 11.3. The molecule has 1 aromatic carbocycles. The Morgan fingerprint density at radius 1 is 1.00 bits per heavy atom. The highest BCUT2D eigenvalue weighted by Gasteiger charge is 2.31. The first kappa shape index (κ1) is 17.7. The number of nitrogens with one attached hydrogen (secondary N) is 1. The average molecular weight is 331 g/mol. The summed E-state index contributed by atoms with van der Waals surface area (Å²) in [4.78, 5) is 11.6. The number of carbonyl (C=O) groups excluding carboxylic acids is 1. The number of carbonyl (C=O) groups is 1. The van der Waals surface area contributed by atoms with Crippen molar-refractivity contribution in [3.8, 4) is 0 Å². The molecule has 118 valence electrons. The molecule has 0 aromatic heterocycles. The second-order valence-corrected chi connectivity index (χ2v) is 5.25. The van der Waals surface area contributed by atoms with Gasteiger partial charge >= 0.3 is 12.4 Å². The van der Waals surface area contributed by atoms with Crippen LogP contribution in [-0.2, 0) is 4.79 Å². The standard InChI is InChI=1S/C12H11F6NOS/c13-11(14,15)5-6-21-9-3-1-8(2-4-9)19-10(20)7-12(16,17)18/h1-4H,5-7H2,(H,19,20). The maximum Gasteiger partial charge on any atom is 0.397 e. The number of alkyl halides is 6. The Bertz CT molecular complexity index is 468. The lowest BCUT2D eigenvalue weighted by Crippen LogP contribution is -2.21. The Kier molecular flexibility index (Phi) is 5.94. The minimum atomic E-state index is -4.59. The van der Waals surface area contributed by atoms with Crippen LogP contribution in [0.25, 0.3) is 0 Å². The predicted molar refractivity (Wildman–Crippen MR) is 67.1 cm³/mol. The van der Waals surface area contributed by atoms with Crippen LogP contribution in [0.4, 0.5) is 32.0 Å². The first-order chi connectivity index (χ1) is 9.55. The first-order valence-corrected chi connectivity index (χ1v) is 6.70. The van der Waals surface area contributed by atoms with E-state index in [2.05, 4.69) is 5.32 Å². The summed E-state index contributed by atoms with van der Waals surface area (Å²) in [6, 6.07) is 5.54. The van der Waals surface area contributed by atoms with Crippen molar-refractivity contribution < 1.29 is 31.1 Å². The molecular weight excluding hydrogens is 320 g/mol. The number of amides is 1. The number of anilines is 1. The number of thioether (sulfide) groups is 1. The maximum absolute atomic E-state index is 12.0. The molecule has 21 heavy (non-hydrogen) atoms. The lowest BCUT2D eigenvalue weighted by atomic mass is 10.3. The summed E-state index contributed by atoms with van der Waals surface area (Å²) in [5.41, 5.74) is 0.157. The summed E-state index contributed by atoms with van der Waals surface area (Å²) >= 11 is 0.972. The molecule has 0 unspecified atom stereocenters. The van der Waals surface area contributed by atoms with Crippen molar-refractivity contribution in [1.29, 1.82) is 0 Å². The van der Waals surface area contributed by atoms with Gasteiger partial charge in [0.1, 0.15) is 6.42 Å². The highest BCUT2D eigenvalue weighted by molar-refractivity contribution is 7.99. The quantitative estimate of drug-likeness (QED) is 0.630. The van der Waals surface area contributed by atoms with E-state index in [1.807, 2.05) is 0 Å². The molecule has 1 N–H and O–H groups in total. The number of benzene rings is 1. The molecule has 0 fully saturated rings. The third-order valence-electron chi connectivity index (χ3n) is 2.15. The normalized spacial score (nSPS) is 12.3. The molecule has 1 rings (SSSR count). The van der Waals surface area contributed by atoms with E-state index in [-0.39, 0.29) is 11.4 Å². The molecule has 0 radical (unpaired) electrons. The Morgan fingerprint density at radius 3 is 2.05 bits per heavy atom. The fourth-order valence-corrected chi connectivity index (χ4v) is 2.20. The van der Waals surface area contributed by atoms with E-state index in [0.29, 0.717) is 4.90 Å². The van der Waals surface area contributed by atoms with Gasteiger partial charge in [-0.2, -0.15) is 26.3 Å². The van der Waals surface area contributed by atoms with Crippen LogP contribution in [0.5, 0.6) is 0 Å². The van der Waals surface area contributed by atoms with Crippen molar-refractivity contribution in [1.82, 2.24) is 0 Å². The third-order valence-corrected chi connectivity index (χ3v) is 3.17. The molecule has 1 aromatic rings. The second-order valence-electron chi connectivity index (χ2n) is 4.08. The maximum atomic E-state index is 12.0. The van der Waals surface area contributed by atoms with Gasteiger partial charge in [-0.25, -0.2) is 0 Å². The zero-order chi connectivity index (χ0) is 16.1. The smallest absolute Gasteiger partial charge is 0.326 e. The molecule has 0 bridgehead atoms. The van der Waals surface area contributed by atoms with E-state index < -0.39 is 31.1 Å². The number of halogens is 6. The number of rotatable bonds is 5. The molecule has 0 aliphatic rings. The summed E-state index contributed by atoms with van der Waals surface area (Å²) < 4.78 is 71.7. The third kappa shape index (κ3) is 8.49. The van der Waals surface area contributed by atoms with Gasteiger partial charge in [-0.05, 0) is 24.3 Å². The van der Waals surface area contributed by atoms with Gasteiger partial charge in [0.15, 0.2) is 0 Å². The van der Waals surface area contributed by atoms with Crippen molar-refractivity contribution in [3.63, 3.8) is 0 Å². The summed E-state index contributed by atoms with van der Waals surface area (Å²) in [6.07, 6.45) is -11.3. The van der Waals surface area contributed by atoms with Crippen LogP contribution < -0.4 is 5.32 Å².